The minimum absolute atomic E-state index is 0. The molecule has 0 unspecified atom stereocenters. The van der Waals surface area contributed by atoms with E-state index in [1.54, 1.807) is 0 Å². The Hall–Kier alpha value is -5.12. The van der Waals surface area contributed by atoms with Gasteiger partial charge in [-0.05, 0) is 104 Å². The molecule has 0 fully saturated rings. The van der Waals surface area contributed by atoms with Gasteiger partial charge in [-0.25, -0.2) is 4.98 Å². The van der Waals surface area contributed by atoms with Crippen molar-refractivity contribution in [1.82, 2.24) is 9.55 Å². The molecule has 1 aliphatic heterocycles. The summed E-state index contributed by atoms with van der Waals surface area (Å²) in [6.45, 7) is 36.4. The van der Waals surface area contributed by atoms with Crippen LogP contribution in [0.4, 0.5) is 11.4 Å². The van der Waals surface area contributed by atoms with Crippen molar-refractivity contribution in [3.05, 3.63) is 162 Å². The molecule has 0 N–H and O–H groups in total. The van der Waals surface area contributed by atoms with Crippen LogP contribution in [0, 0.1) is 24.2 Å². The summed E-state index contributed by atoms with van der Waals surface area (Å²) in [6, 6.07) is 42.8. The van der Waals surface area contributed by atoms with Gasteiger partial charge in [0.25, 0.3) is 0 Å². The van der Waals surface area contributed by atoms with Crippen molar-refractivity contribution >= 4 is 33.2 Å². The summed E-state index contributed by atoms with van der Waals surface area (Å²) in [5, 5.41) is 2.25. The first kappa shape index (κ1) is 47.8. The van der Waals surface area contributed by atoms with Crippen molar-refractivity contribution in [2.24, 2.45) is 5.41 Å². The first-order valence-corrected chi connectivity index (χ1v) is 23.2. The van der Waals surface area contributed by atoms with Crippen molar-refractivity contribution in [3.63, 3.8) is 0 Å². The number of benzene rings is 5. The monoisotopic (exact) mass is 1040 g/mol. The van der Waals surface area contributed by atoms with Gasteiger partial charge in [0, 0.05) is 61.1 Å². The molecule has 7 aromatic rings. The predicted octanol–water partition coefficient (Wildman–Crippen LogP) is 16.5. The van der Waals surface area contributed by atoms with E-state index in [9.17, 15) is 0 Å². The number of para-hydroxylation sites is 1. The second-order valence-corrected chi connectivity index (χ2v) is 21.8. The van der Waals surface area contributed by atoms with Crippen molar-refractivity contribution < 1.29 is 25.8 Å². The zero-order valence-corrected chi connectivity index (χ0v) is 43.5. The summed E-state index contributed by atoms with van der Waals surface area (Å²) >= 11 is 0. The maximum atomic E-state index is 6.85. The van der Waals surface area contributed by atoms with Crippen LogP contribution in [0.25, 0.3) is 38.8 Å². The Bertz CT molecular complexity index is 2860. The Labute approximate surface area is 404 Å². The van der Waals surface area contributed by atoms with Crippen molar-refractivity contribution in [1.29, 1.82) is 0 Å². The molecular formula is C59H67N4OPt-3. The number of ether oxygens (including phenoxy) is 1. The van der Waals surface area contributed by atoms with Crippen LogP contribution in [0.15, 0.2) is 115 Å². The molecule has 5 nitrogen and oxygen atoms in total. The molecule has 0 amide bonds. The number of fused-ring (bicyclic) bond motifs is 3. The van der Waals surface area contributed by atoms with Crippen LogP contribution in [0.3, 0.4) is 0 Å². The van der Waals surface area contributed by atoms with Crippen LogP contribution < -0.4 is 14.5 Å². The van der Waals surface area contributed by atoms with Gasteiger partial charge in [0.2, 0.25) is 0 Å². The van der Waals surface area contributed by atoms with Crippen molar-refractivity contribution in [2.45, 2.75) is 132 Å². The SMILES string of the molecule is CC(C)c1cc(C(C)C)c(-c2cccc(N3C=C(C(C)(C)C)N(c4[c-]c(Oc5[c-]c6c(cc5)c5ccccc5n6-c5cc(C(C)(C)C)ccn5)cc(C(C)(C)C)c4)[CH-]3)c2)c(C(C)C)c1.[Pt]. The van der Waals surface area contributed by atoms with E-state index in [4.69, 9.17) is 9.72 Å². The van der Waals surface area contributed by atoms with Gasteiger partial charge in [0.05, 0.1) is 0 Å². The van der Waals surface area contributed by atoms with E-state index in [0.29, 0.717) is 29.3 Å². The fourth-order valence-corrected chi connectivity index (χ4v) is 8.86. The zero-order chi connectivity index (χ0) is 46.0. The number of aromatic nitrogens is 2. The largest absolute Gasteiger partial charge is 0.509 e. The molecule has 0 atom stereocenters. The Morgan fingerprint density at radius 2 is 1.29 bits per heavy atom. The number of rotatable bonds is 9. The number of hydrogen-bond acceptors (Lipinski definition) is 4. The molecule has 1 aliphatic rings. The van der Waals surface area contributed by atoms with E-state index in [2.05, 4.69) is 234 Å². The van der Waals surface area contributed by atoms with Crippen LogP contribution in [0.2, 0.25) is 0 Å². The molecule has 6 heteroatoms. The smallest absolute Gasteiger partial charge is 0.135 e. The fourth-order valence-electron chi connectivity index (χ4n) is 8.86. The molecule has 0 saturated heterocycles. The number of nitrogens with zero attached hydrogens (tertiary/aromatic N) is 4. The summed E-state index contributed by atoms with van der Waals surface area (Å²) in [5.41, 5.74) is 14.1. The molecule has 8 rings (SSSR count). The molecule has 342 valence electrons. The van der Waals surface area contributed by atoms with Crippen molar-refractivity contribution in [2.75, 3.05) is 9.80 Å². The average molecular weight is 1040 g/mol. The first-order valence-electron chi connectivity index (χ1n) is 23.2. The summed E-state index contributed by atoms with van der Waals surface area (Å²) in [5.74, 6) is 3.38. The Morgan fingerprint density at radius 1 is 0.615 bits per heavy atom. The Morgan fingerprint density at radius 3 is 1.92 bits per heavy atom. The third-order valence-corrected chi connectivity index (χ3v) is 12.7. The van der Waals surface area contributed by atoms with Gasteiger partial charge in [0.1, 0.15) is 5.82 Å². The Balaban J connectivity index is 0.00000630. The van der Waals surface area contributed by atoms with Gasteiger partial charge in [-0.15, -0.1) is 53.6 Å². The van der Waals surface area contributed by atoms with Crippen LogP contribution in [0.1, 0.15) is 149 Å². The molecule has 0 radical (unpaired) electrons. The molecule has 3 heterocycles. The van der Waals surface area contributed by atoms with Gasteiger partial charge >= 0.3 is 0 Å². The van der Waals surface area contributed by atoms with Crippen LogP contribution >= 0.6 is 0 Å². The van der Waals surface area contributed by atoms with Crippen LogP contribution in [-0.2, 0) is 31.9 Å². The van der Waals surface area contributed by atoms with Gasteiger partial charge < -0.3 is 19.1 Å². The van der Waals surface area contributed by atoms with E-state index in [1.165, 1.54) is 39.1 Å². The predicted molar refractivity (Wildman–Crippen MR) is 271 cm³/mol. The van der Waals surface area contributed by atoms with E-state index in [1.807, 2.05) is 12.3 Å². The van der Waals surface area contributed by atoms with Crippen LogP contribution in [0.5, 0.6) is 11.5 Å². The molecule has 0 spiro atoms. The quantitative estimate of drug-likeness (QED) is 0.135. The van der Waals surface area contributed by atoms with E-state index >= 15 is 0 Å². The standard InChI is InChI=1S/C59H67N4O.Pt/c1-37(2)41-28-50(38(3)4)56(51(29-41)39(5)6)40-19-18-20-44(27-40)61-35-54(59(13,14)15)62(36-61)45-30-43(58(10,11)12)31-47(33-45)64-46-23-24-49-48-21-16-17-22-52(48)63(53(49)34-46)55-32-42(25-26-60-55)57(7,8)9;/h16-32,35-39H,1-15H3;/q-3;. The second kappa shape index (κ2) is 17.9. The third-order valence-electron chi connectivity index (χ3n) is 12.7. The van der Waals surface area contributed by atoms with E-state index in [-0.39, 0.29) is 37.3 Å². The van der Waals surface area contributed by atoms with Gasteiger partial charge in [-0.3, -0.25) is 0 Å². The molecule has 0 aliphatic carbocycles. The fraction of sp³-hybridized carbons (Fsp3) is 0.356. The molecule has 0 bridgehead atoms. The average Bonchev–Trinajstić information content (AvgIpc) is 3.83. The minimum Gasteiger partial charge on any atom is -0.509 e. The van der Waals surface area contributed by atoms with E-state index in [0.717, 1.165) is 44.6 Å². The van der Waals surface area contributed by atoms with Crippen molar-refractivity contribution in [3.8, 4) is 28.4 Å². The topological polar surface area (TPSA) is 33.5 Å². The maximum absolute atomic E-state index is 6.85. The van der Waals surface area contributed by atoms with Gasteiger partial charge in [-0.2, -0.15) is 6.07 Å². The molecule has 0 saturated carbocycles. The second-order valence-electron chi connectivity index (χ2n) is 21.8. The molecule has 5 aromatic carbocycles. The number of allylic oxidation sites excluding steroid dienone is 1. The molecule has 65 heavy (non-hydrogen) atoms. The summed E-state index contributed by atoms with van der Waals surface area (Å²) in [7, 11) is 0. The third kappa shape index (κ3) is 9.60. The summed E-state index contributed by atoms with van der Waals surface area (Å²) in [6.07, 6.45) is 4.20. The van der Waals surface area contributed by atoms with Crippen LogP contribution in [-0.4, -0.2) is 9.55 Å². The number of pyridine rings is 1. The zero-order valence-electron chi connectivity index (χ0n) is 41.2. The number of hydrogen-bond donors (Lipinski definition) is 0. The van der Waals surface area contributed by atoms with Gasteiger partial charge in [0.15, 0.2) is 0 Å². The van der Waals surface area contributed by atoms with Gasteiger partial charge in [-0.1, -0.05) is 152 Å². The summed E-state index contributed by atoms with van der Waals surface area (Å²) < 4.78 is 9.06. The van der Waals surface area contributed by atoms with E-state index < -0.39 is 0 Å². The summed E-state index contributed by atoms with van der Waals surface area (Å²) in [4.78, 5) is 9.46. The minimum atomic E-state index is -0.178. The maximum Gasteiger partial charge on any atom is 0.135 e. The Kier molecular flexibility index (Phi) is 13.2. The molecule has 2 aromatic heterocycles. The normalized spacial score (nSPS) is 13.7. The number of anilines is 2. The first-order chi connectivity index (χ1) is 30.1. The molecular weight excluding hydrogens is 976 g/mol.